The van der Waals surface area contributed by atoms with E-state index in [1.165, 1.54) is 5.56 Å². The van der Waals surface area contributed by atoms with E-state index in [1.807, 2.05) is 0 Å². The SMILES string of the molecule is CCNC(c1ccccc1)C(C)CN(CC)C(C)C. The normalized spacial score (nSPS) is 14.9. The minimum Gasteiger partial charge on any atom is -0.310 e. The Balaban J connectivity index is 2.76. The first-order chi connectivity index (χ1) is 9.10. The van der Waals surface area contributed by atoms with Crippen molar-refractivity contribution in [2.24, 2.45) is 5.92 Å². The van der Waals surface area contributed by atoms with E-state index in [1.54, 1.807) is 0 Å². The second kappa shape index (κ2) is 8.34. The van der Waals surface area contributed by atoms with Gasteiger partial charge in [0.15, 0.2) is 0 Å². The van der Waals surface area contributed by atoms with E-state index < -0.39 is 0 Å². The quantitative estimate of drug-likeness (QED) is 0.768. The highest BCUT2D eigenvalue weighted by Crippen LogP contribution is 2.23. The van der Waals surface area contributed by atoms with Crippen molar-refractivity contribution < 1.29 is 0 Å². The van der Waals surface area contributed by atoms with Gasteiger partial charge in [0.1, 0.15) is 0 Å². The number of benzene rings is 1. The average Bonchev–Trinajstić information content (AvgIpc) is 2.42. The highest BCUT2D eigenvalue weighted by Gasteiger charge is 2.21. The van der Waals surface area contributed by atoms with Crippen molar-refractivity contribution in [2.45, 2.75) is 46.7 Å². The Morgan fingerprint density at radius 2 is 1.68 bits per heavy atom. The number of nitrogens with zero attached hydrogens (tertiary/aromatic N) is 1. The molecule has 0 heterocycles. The third-order valence-corrected chi connectivity index (χ3v) is 3.81. The predicted molar refractivity (Wildman–Crippen MR) is 84.4 cm³/mol. The highest BCUT2D eigenvalue weighted by atomic mass is 15.1. The van der Waals surface area contributed by atoms with Crippen LogP contribution in [0.3, 0.4) is 0 Å². The van der Waals surface area contributed by atoms with Crippen LogP contribution in [0.5, 0.6) is 0 Å². The van der Waals surface area contributed by atoms with Crippen molar-refractivity contribution >= 4 is 0 Å². The van der Waals surface area contributed by atoms with Gasteiger partial charge in [-0.1, -0.05) is 51.1 Å². The maximum atomic E-state index is 3.64. The summed E-state index contributed by atoms with van der Waals surface area (Å²) in [7, 11) is 0. The van der Waals surface area contributed by atoms with Gasteiger partial charge in [-0.05, 0) is 38.4 Å². The minimum atomic E-state index is 0.444. The van der Waals surface area contributed by atoms with Gasteiger partial charge in [0.2, 0.25) is 0 Å². The van der Waals surface area contributed by atoms with Crippen LogP contribution in [-0.2, 0) is 0 Å². The van der Waals surface area contributed by atoms with Gasteiger partial charge < -0.3 is 10.2 Å². The summed E-state index contributed by atoms with van der Waals surface area (Å²) in [6, 6.07) is 11.9. The molecule has 0 spiro atoms. The van der Waals surface area contributed by atoms with Crippen molar-refractivity contribution in [2.75, 3.05) is 19.6 Å². The molecule has 2 heteroatoms. The first-order valence-electron chi connectivity index (χ1n) is 7.62. The molecule has 1 N–H and O–H groups in total. The van der Waals surface area contributed by atoms with Gasteiger partial charge in [-0.15, -0.1) is 0 Å². The Bertz CT molecular complexity index is 334. The third-order valence-electron chi connectivity index (χ3n) is 3.81. The molecule has 0 amide bonds. The van der Waals surface area contributed by atoms with Gasteiger partial charge >= 0.3 is 0 Å². The Hall–Kier alpha value is -0.860. The molecule has 2 atom stereocenters. The molecule has 2 unspecified atom stereocenters. The van der Waals surface area contributed by atoms with Crippen LogP contribution < -0.4 is 5.32 Å². The summed E-state index contributed by atoms with van der Waals surface area (Å²) in [6.07, 6.45) is 0. The Morgan fingerprint density at radius 3 is 2.16 bits per heavy atom. The Kier molecular flexibility index (Phi) is 7.11. The molecule has 0 aliphatic rings. The Labute approximate surface area is 119 Å². The molecule has 0 saturated carbocycles. The molecule has 1 aromatic rings. The lowest BCUT2D eigenvalue weighted by Crippen LogP contribution is -2.39. The molecule has 108 valence electrons. The van der Waals surface area contributed by atoms with Crippen molar-refractivity contribution in [1.82, 2.24) is 10.2 Å². The van der Waals surface area contributed by atoms with Crippen LogP contribution in [0.4, 0.5) is 0 Å². The van der Waals surface area contributed by atoms with E-state index in [9.17, 15) is 0 Å². The standard InChI is InChI=1S/C17H30N2/c1-6-18-17(16-11-9-8-10-12-16)15(5)13-19(7-2)14(3)4/h8-12,14-15,17-18H,6-7,13H2,1-5H3. The largest absolute Gasteiger partial charge is 0.310 e. The van der Waals surface area contributed by atoms with Crippen molar-refractivity contribution in [3.05, 3.63) is 35.9 Å². The lowest BCUT2D eigenvalue weighted by Gasteiger charge is -2.32. The molecule has 0 radical (unpaired) electrons. The molecular weight excluding hydrogens is 232 g/mol. The van der Waals surface area contributed by atoms with Gasteiger partial charge in [0, 0.05) is 18.6 Å². The fourth-order valence-electron chi connectivity index (χ4n) is 2.71. The van der Waals surface area contributed by atoms with Gasteiger partial charge in [-0.3, -0.25) is 0 Å². The second-order valence-corrected chi connectivity index (χ2v) is 5.60. The third kappa shape index (κ3) is 4.96. The smallest absolute Gasteiger partial charge is 0.0358 e. The number of hydrogen-bond acceptors (Lipinski definition) is 2. The Morgan fingerprint density at radius 1 is 1.05 bits per heavy atom. The predicted octanol–water partition coefficient (Wildman–Crippen LogP) is 3.70. The highest BCUT2D eigenvalue weighted by molar-refractivity contribution is 5.19. The summed E-state index contributed by atoms with van der Waals surface area (Å²) >= 11 is 0. The summed E-state index contributed by atoms with van der Waals surface area (Å²) in [4.78, 5) is 2.54. The van der Waals surface area contributed by atoms with E-state index in [0.29, 0.717) is 18.0 Å². The second-order valence-electron chi connectivity index (χ2n) is 5.60. The summed E-state index contributed by atoms with van der Waals surface area (Å²) < 4.78 is 0. The first kappa shape index (κ1) is 16.2. The maximum Gasteiger partial charge on any atom is 0.0358 e. The van der Waals surface area contributed by atoms with E-state index in [-0.39, 0.29) is 0 Å². The molecule has 19 heavy (non-hydrogen) atoms. The minimum absolute atomic E-state index is 0.444. The molecule has 1 rings (SSSR count). The molecule has 0 aliphatic carbocycles. The topological polar surface area (TPSA) is 15.3 Å². The lowest BCUT2D eigenvalue weighted by molar-refractivity contribution is 0.182. The fourth-order valence-corrected chi connectivity index (χ4v) is 2.71. The van der Waals surface area contributed by atoms with Crippen LogP contribution in [0.1, 0.15) is 46.2 Å². The molecule has 2 nitrogen and oxygen atoms in total. The summed E-state index contributed by atoms with van der Waals surface area (Å²) in [6.45, 7) is 14.6. The first-order valence-corrected chi connectivity index (χ1v) is 7.62. The number of rotatable bonds is 8. The molecule has 0 bridgehead atoms. The summed E-state index contributed by atoms with van der Waals surface area (Å²) in [5.41, 5.74) is 1.40. The van der Waals surface area contributed by atoms with E-state index >= 15 is 0 Å². The number of hydrogen-bond donors (Lipinski definition) is 1. The van der Waals surface area contributed by atoms with Crippen LogP contribution in [0, 0.1) is 5.92 Å². The van der Waals surface area contributed by atoms with E-state index in [2.05, 4.69) is 75.2 Å². The maximum absolute atomic E-state index is 3.64. The average molecular weight is 262 g/mol. The van der Waals surface area contributed by atoms with Crippen molar-refractivity contribution in [1.29, 1.82) is 0 Å². The zero-order valence-electron chi connectivity index (χ0n) is 13.2. The molecule has 1 aromatic carbocycles. The zero-order valence-corrected chi connectivity index (χ0v) is 13.2. The van der Waals surface area contributed by atoms with Gasteiger partial charge in [0.25, 0.3) is 0 Å². The van der Waals surface area contributed by atoms with Crippen molar-refractivity contribution in [3.8, 4) is 0 Å². The van der Waals surface area contributed by atoms with Crippen LogP contribution >= 0.6 is 0 Å². The van der Waals surface area contributed by atoms with Crippen LogP contribution in [0.2, 0.25) is 0 Å². The molecule has 0 fully saturated rings. The van der Waals surface area contributed by atoms with E-state index in [4.69, 9.17) is 0 Å². The van der Waals surface area contributed by atoms with Gasteiger partial charge in [0.05, 0.1) is 0 Å². The summed E-state index contributed by atoms with van der Waals surface area (Å²) in [5, 5.41) is 3.64. The molecule has 0 saturated heterocycles. The van der Waals surface area contributed by atoms with E-state index in [0.717, 1.165) is 19.6 Å². The van der Waals surface area contributed by atoms with Gasteiger partial charge in [-0.25, -0.2) is 0 Å². The van der Waals surface area contributed by atoms with Crippen LogP contribution in [0.25, 0.3) is 0 Å². The van der Waals surface area contributed by atoms with Crippen molar-refractivity contribution in [3.63, 3.8) is 0 Å². The molecule has 0 aromatic heterocycles. The molecule has 0 aliphatic heterocycles. The monoisotopic (exact) mass is 262 g/mol. The zero-order chi connectivity index (χ0) is 14.3. The number of nitrogens with one attached hydrogen (secondary N) is 1. The fraction of sp³-hybridized carbons (Fsp3) is 0.647. The summed E-state index contributed by atoms with van der Waals surface area (Å²) in [5.74, 6) is 0.602. The lowest BCUT2D eigenvalue weighted by atomic mass is 9.93. The van der Waals surface area contributed by atoms with Gasteiger partial charge in [-0.2, -0.15) is 0 Å². The van der Waals surface area contributed by atoms with Crippen LogP contribution in [-0.4, -0.2) is 30.6 Å². The molecular formula is C17H30N2. The van der Waals surface area contributed by atoms with Crippen LogP contribution in [0.15, 0.2) is 30.3 Å².